The third kappa shape index (κ3) is 7.34. The summed E-state index contributed by atoms with van der Waals surface area (Å²) in [7, 11) is 0. The van der Waals surface area contributed by atoms with E-state index in [0.29, 0.717) is 54.4 Å². The summed E-state index contributed by atoms with van der Waals surface area (Å²) in [5.74, 6) is 0.671. The van der Waals surface area contributed by atoms with Crippen molar-refractivity contribution in [3.8, 4) is 23.3 Å². The summed E-state index contributed by atoms with van der Waals surface area (Å²) in [6, 6.07) is 14.1. The molecule has 0 bridgehead atoms. The molecule has 1 aliphatic rings. The van der Waals surface area contributed by atoms with Gasteiger partial charge in [-0.25, -0.2) is 9.78 Å². The average molecular weight is 531 g/mol. The summed E-state index contributed by atoms with van der Waals surface area (Å²) < 4.78 is 52.3. The highest BCUT2D eigenvalue weighted by atomic mass is 19.4. The molecule has 0 atom stereocenters. The minimum Gasteiger partial charge on any atom is -0.474 e. The topological polar surface area (TPSA) is 95.4 Å². The molecule has 3 aromatic rings. The zero-order valence-corrected chi connectivity index (χ0v) is 20.6. The van der Waals surface area contributed by atoms with Gasteiger partial charge in [-0.3, -0.25) is 0 Å². The van der Waals surface area contributed by atoms with E-state index in [9.17, 15) is 18.0 Å². The first-order valence-corrected chi connectivity index (χ1v) is 11.8. The molecule has 38 heavy (non-hydrogen) atoms. The number of ether oxygens (including phenoxy) is 3. The van der Waals surface area contributed by atoms with E-state index < -0.39 is 12.5 Å². The smallest absolute Gasteiger partial charge is 0.474 e. The number of aromatic nitrogens is 2. The van der Waals surface area contributed by atoms with Gasteiger partial charge in [0.1, 0.15) is 23.9 Å². The first kappa shape index (κ1) is 26.7. The fourth-order valence-corrected chi connectivity index (χ4v) is 3.66. The molecular formula is C26H25F3N4O5. The molecule has 4 rings (SSSR count). The zero-order chi connectivity index (χ0) is 27.1. The number of para-hydroxylation sites is 1. The van der Waals surface area contributed by atoms with Gasteiger partial charge in [0.25, 0.3) is 5.88 Å². The number of carbonyl (C=O) groups excluding carboxylic acids is 1. The standard InChI is InChI=1S/C26H25F3N4O5/c1-17-23(35-21-12-14-33(15-13-21)25(34)36-20-6-4-3-5-7-20)30-16-31-24(17)38-32-18(2)19-8-10-22(11-9-19)37-26(27,28)29/h3-11,16,21H,12-15H2,1-2H3/b32-18-. The Morgan fingerprint density at radius 3 is 2.29 bits per heavy atom. The molecule has 1 saturated heterocycles. The number of oxime groups is 1. The van der Waals surface area contributed by atoms with Crippen LogP contribution in [0.3, 0.4) is 0 Å². The molecule has 0 aliphatic carbocycles. The van der Waals surface area contributed by atoms with Crippen LogP contribution in [0.25, 0.3) is 0 Å². The Kier molecular flexibility index (Phi) is 8.29. The second-order valence-corrected chi connectivity index (χ2v) is 8.43. The molecule has 1 fully saturated rings. The number of alkyl halides is 3. The number of halogens is 3. The first-order valence-electron chi connectivity index (χ1n) is 11.8. The maximum absolute atomic E-state index is 12.4. The number of hydrogen-bond donors (Lipinski definition) is 0. The molecule has 9 nitrogen and oxygen atoms in total. The van der Waals surface area contributed by atoms with Crippen molar-refractivity contribution in [1.29, 1.82) is 0 Å². The van der Waals surface area contributed by atoms with E-state index in [2.05, 4.69) is 19.9 Å². The van der Waals surface area contributed by atoms with Crippen molar-refractivity contribution in [1.82, 2.24) is 14.9 Å². The summed E-state index contributed by atoms with van der Waals surface area (Å²) in [5, 5.41) is 4.03. The van der Waals surface area contributed by atoms with E-state index in [1.165, 1.54) is 30.6 Å². The Morgan fingerprint density at radius 2 is 1.63 bits per heavy atom. The van der Waals surface area contributed by atoms with E-state index in [1.807, 2.05) is 6.07 Å². The van der Waals surface area contributed by atoms with Gasteiger partial charge in [0.2, 0.25) is 5.88 Å². The van der Waals surface area contributed by atoms with Crippen LogP contribution in [-0.2, 0) is 0 Å². The predicted octanol–water partition coefficient (Wildman–Crippen LogP) is 5.53. The number of amides is 1. The van der Waals surface area contributed by atoms with Gasteiger partial charge in [0.05, 0.1) is 11.3 Å². The number of nitrogens with zero attached hydrogens (tertiary/aromatic N) is 4. The van der Waals surface area contributed by atoms with Crippen LogP contribution < -0.4 is 19.0 Å². The molecule has 1 aromatic heterocycles. The predicted molar refractivity (Wildman–Crippen MR) is 130 cm³/mol. The number of likely N-dealkylation sites (tertiary alicyclic amines) is 1. The van der Waals surface area contributed by atoms with Crippen LogP contribution in [-0.4, -0.2) is 52.2 Å². The van der Waals surface area contributed by atoms with Gasteiger partial charge < -0.3 is 23.9 Å². The van der Waals surface area contributed by atoms with E-state index in [4.69, 9.17) is 14.3 Å². The molecule has 1 aliphatic heterocycles. The molecule has 0 unspecified atom stereocenters. The Bertz CT molecular complexity index is 1260. The lowest BCUT2D eigenvalue weighted by atomic mass is 10.1. The van der Waals surface area contributed by atoms with Crippen molar-refractivity contribution < 1.29 is 37.0 Å². The van der Waals surface area contributed by atoms with Crippen molar-refractivity contribution in [2.45, 2.75) is 39.2 Å². The molecule has 1 amide bonds. The third-order valence-electron chi connectivity index (χ3n) is 5.69. The summed E-state index contributed by atoms with van der Waals surface area (Å²) in [5.41, 5.74) is 1.49. The van der Waals surface area contributed by atoms with Crippen molar-refractivity contribution in [2.24, 2.45) is 5.16 Å². The zero-order valence-electron chi connectivity index (χ0n) is 20.6. The van der Waals surface area contributed by atoms with Gasteiger partial charge in [-0.15, -0.1) is 13.2 Å². The van der Waals surface area contributed by atoms with Crippen molar-refractivity contribution in [3.63, 3.8) is 0 Å². The fourth-order valence-electron chi connectivity index (χ4n) is 3.66. The van der Waals surface area contributed by atoms with Gasteiger partial charge >= 0.3 is 12.5 Å². The van der Waals surface area contributed by atoms with E-state index >= 15 is 0 Å². The third-order valence-corrected chi connectivity index (χ3v) is 5.69. The Morgan fingerprint density at radius 1 is 0.974 bits per heavy atom. The first-order chi connectivity index (χ1) is 18.2. The number of piperidine rings is 1. The van der Waals surface area contributed by atoms with Gasteiger partial charge in [0, 0.05) is 25.9 Å². The van der Waals surface area contributed by atoms with Gasteiger partial charge in [0.15, 0.2) is 0 Å². The maximum Gasteiger partial charge on any atom is 0.573 e. The summed E-state index contributed by atoms with van der Waals surface area (Å²) in [6.45, 7) is 4.31. The fraction of sp³-hybridized carbons (Fsp3) is 0.308. The van der Waals surface area contributed by atoms with E-state index in [1.54, 1.807) is 43.0 Å². The molecule has 0 saturated carbocycles. The lowest BCUT2D eigenvalue weighted by Gasteiger charge is -2.31. The molecule has 2 aromatic carbocycles. The number of rotatable bonds is 7. The number of hydrogen-bond acceptors (Lipinski definition) is 8. The number of carbonyl (C=O) groups is 1. The van der Waals surface area contributed by atoms with Crippen molar-refractivity contribution >= 4 is 11.8 Å². The summed E-state index contributed by atoms with van der Waals surface area (Å²) >= 11 is 0. The monoisotopic (exact) mass is 530 g/mol. The highest BCUT2D eigenvalue weighted by Crippen LogP contribution is 2.27. The minimum atomic E-state index is -4.76. The van der Waals surface area contributed by atoms with Crippen molar-refractivity contribution in [2.75, 3.05) is 13.1 Å². The maximum atomic E-state index is 12.4. The molecule has 12 heteroatoms. The van der Waals surface area contributed by atoms with Gasteiger partial charge in [-0.05, 0) is 55.8 Å². The Labute approximate surface area is 216 Å². The molecule has 200 valence electrons. The van der Waals surface area contributed by atoms with Crippen molar-refractivity contribution in [3.05, 3.63) is 72.1 Å². The van der Waals surface area contributed by atoms with Crippen LogP contribution in [0, 0.1) is 6.92 Å². The van der Waals surface area contributed by atoms with Crippen LogP contribution >= 0.6 is 0 Å². The molecule has 0 radical (unpaired) electrons. The van der Waals surface area contributed by atoms with Crippen LogP contribution in [0.2, 0.25) is 0 Å². The molecule has 2 heterocycles. The lowest BCUT2D eigenvalue weighted by Crippen LogP contribution is -2.43. The largest absolute Gasteiger partial charge is 0.573 e. The van der Waals surface area contributed by atoms with E-state index in [0.717, 1.165) is 0 Å². The molecule has 0 spiro atoms. The molecule has 0 N–H and O–H groups in total. The second-order valence-electron chi connectivity index (χ2n) is 8.43. The highest BCUT2D eigenvalue weighted by Gasteiger charge is 2.31. The highest BCUT2D eigenvalue weighted by molar-refractivity contribution is 5.98. The summed E-state index contributed by atoms with van der Waals surface area (Å²) in [4.78, 5) is 27.8. The summed E-state index contributed by atoms with van der Waals surface area (Å²) in [6.07, 6.45) is -2.86. The Hall–Kier alpha value is -4.35. The van der Waals surface area contributed by atoms with Crippen LogP contribution in [0.1, 0.15) is 30.9 Å². The van der Waals surface area contributed by atoms with Crippen LogP contribution in [0.5, 0.6) is 23.3 Å². The Balaban J connectivity index is 1.31. The molecular weight excluding hydrogens is 505 g/mol. The van der Waals surface area contributed by atoms with E-state index in [-0.39, 0.29) is 17.7 Å². The van der Waals surface area contributed by atoms with Crippen LogP contribution in [0.4, 0.5) is 18.0 Å². The quantitative estimate of drug-likeness (QED) is 0.293. The average Bonchev–Trinajstić information content (AvgIpc) is 2.89. The number of benzene rings is 2. The normalized spacial score (nSPS) is 14.7. The SMILES string of the molecule is C/C(=N/Oc1ncnc(OC2CCN(C(=O)Oc3ccccc3)CC2)c1C)c1ccc(OC(F)(F)F)cc1. The van der Waals surface area contributed by atoms with Crippen LogP contribution in [0.15, 0.2) is 66.1 Å². The van der Waals surface area contributed by atoms with Gasteiger partial charge in [-0.2, -0.15) is 4.98 Å². The van der Waals surface area contributed by atoms with Gasteiger partial charge in [-0.1, -0.05) is 23.4 Å². The second kappa shape index (κ2) is 11.8. The minimum absolute atomic E-state index is 0.167. The lowest BCUT2D eigenvalue weighted by molar-refractivity contribution is -0.274.